The van der Waals surface area contributed by atoms with Crippen LogP contribution in [0.4, 0.5) is 5.69 Å². The quantitative estimate of drug-likeness (QED) is 0.182. The van der Waals surface area contributed by atoms with Gasteiger partial charge in [0.15, 0.2) is 0 Å². The molecule has 40 heavy (non-hydrogen) atoms. The number of nitrogens with zero attached hydrogens (tertiary/aromatic N) is 2. The van der Waals surface area contributed by atoms with Crippen LogP contribution in [-0.2, 0) is 9.53 Å². The van der Waals surface area contributed by atoms with Crippen molar-refractivity contribution in [2.45, 2.75) is 65.5 Å². The van der Waals surface area contributed by atoms with Gasteiger partial charge in [-0.25, -0.2) is 9.64 Å². The summed E-state index contributed by atoms with van der Waals surface area (Å²) in [6.07, 6.45) is 2.71. The Hall–Kier alpha value is -3.52. The summed E-state index contributed by atoms with van der Waals surface area (Å²) in [5, 5.41) is 8.83. The molecule has 0 bridgehead atoms. The summed E-state index contributed by atoms with van der Waals surface area (Å²) in [5.74, 6) is 5.04. The van der Waals surface area contributed by atoms with Gasteiger partial charge in [0.05, 0.1) is 11.6 Å². The third-order valence-electron chi connectivity index (χ3n) is 7.21. The van der Waals surface area contributed by atoms with Crippen LogP contribution in [-0.4, -0.2) is 54.2 Å². The number of unbranched alkanes of at least 4 members (excludes halogenated alkanes) is 3. The number of carboxylic acid groups (broad SMARTS) is 1. The van der Waals surface area contributed by atoms with E-state index < -0.39 is 41.8 Å². The Bertz CT molecular complexity index is 1410. The van der Waals surface area contributed by atoms with Crippen molar-refractivity contribution in [1.29, 1.82) is 0 Å². The van der Waals surface area contributed by atoms with Gasteiger partial charge in [0.2, 0.25) is 5.69 Å². The molecule has 0 spiro atoms. The van der Waals surface area contributed by atoms with E-state index >= 15 is 0 Å². The summed E-state index contributed by atoms with van der Waals surface area (Å²) in [4.78, 5) is 28.5. The summed E-state index contributed by atoms with van der Waals surface area (Å²) in [5.41, 5.74) is -0.186. The summed E-state index contributed by atoms with van der Waals surface area (Å²) in [6.45, 7) is 12.1. The molecule has 1 saturated carbocycles. The highest BCUT2D eigenvalue weighted by molar-refractivity contribution is 6.33. The van der Waals surface area contributed by atoms with Gasteiger partial charge in [-0.2, -0.15) is 0 Å². The Kier molecular flexibility index (Phi) is 8.82. The van der Waals surface area contributed by atoms with Crippen LogP contribution >= 0.6 is 11.6 Å². The van der Waals surface area contributed by atoms with E-state index in [4.69, 9.17) is 36.9 Å². The Balaban J connectivity index is 1.69. The molecule has 0 atom stereocenters. The van der Waals surface area contributed by atoms with E-state index in [0.717, 1.165) is 24.2 Å². The van der Waals surface area contributed by atoms with Crippen molar-refractivity contribution in [3.05, 3.63) is 70.0 Å². The van der Waals surface area contributed by atoms with E-state index in [1.54, 1.807) is 42.5 Å². The number of carbonyl (C=O) groups excluding carboxylic acids is 1. The second-order valence-corrected chi connectivity index (χ2v) is 11.5. The predicted octanol–water partition coefficient (Wildman–Crippen LogP) is 6.86. The van der Waals surface area contributed by atoms with Gasteiger partial charge in [-0.05, 0) is 49.2 Å². The van der Waals surface area contributed by atoms with Crippen molar-refractivity contribution in [2.24, 2.45) is 10.8 Å². The number of hydrogen-bond acceptors (Lipinski definition) is 4. The Morgan fingerprint density at radius 3 is 2.42 bits per heavy atom. The minimum Gasteiger partial charge on any atom is -0.489 e. The lowest BCUT2D eigenvalue weighted by Crippen LogP contribution is -2.74. The predicted molar refractivity (Wildman–Crippen MR) is 156 cm³/mol. The maximum atomic E-state index is 13.7. The van der Waals surface area contributed by atoms with Crippen molar-refractivity contribution < 1.29 is 28.3 Å². The topological polar surface area (TPSA) is 80.4 Å². The first kappa shape index (κ1) is 26.7. The number of rotatable bonds is 11. The molecule has 0 aliphatic heterocycles. The maximum absolute atomic E-state index is 13.7. The molecule has 2 aromatic rings. The van der Waals surface area contributed by atoms with Crippen molar-refractivity contribution in [2.75, 3.05) is 20.2 Å². The minimum absolute atomic E-state index is 0.250. The van der Waals surface area contributed by atoms with Crippen molar-refractivity contribution in [3.8, 4) is 17.6 Å². The van der Waals surface area contributed by atoms with Gasteiger partial charge in [0, 0.05) is 52.1 Å². The van der Waals surface area contributed by atoms with Crippen LogP contribution in [0.5, 0.6) is 5.75 Å². The van der Waals surface area contributed by atoms with Crippen LogP contribution in [0.25, 0.3) is 4.85 Å². The molecule has 0 radical (unpaired) electrons. The molecule has 8 heteroatoms. The molecule has 1 N–H and O–H groups in total. The molecule has 1 fully saturated rings. The Morgan fingerprint density at radius 1 is 1.12 bits per heavy atom. The average Bonchev–Trinajstić information content (AvgIpc) is 2.92. The van der Waals surface area contributed by atoms with Gasteiger partial charge in [-0.15, -0.1) is 0 Å². The second-order valence-electron chi connectivity index (χ2n) is 11.1. The molecule has 1 amide bonds. The molecule has 3 rings (SSSR count). The zero-order valence-corrected chi connectivity index (χ0v) is 24.0. The smallest absolute Gasteiger partial charge is 0.329 e. The van der Waals surface area contributed by atoms with Gasteiger partial charge in [0.1, 0.15) is 18.5 Å². The Morgan fingerprint density at radius 2 is 1.82 bits per heavy atom. The van der Waals surface area contributed by atoms with E-state index in [1.807, 2.05) is 27.7 Å². The van der Waals surface area contributed by atoms with Crippen LogP contribution < -0.4 is 4.74 Å². The van der Waals surface area contributed by atoms with Gasteiger partial charge in [-0.1, -0.05) is 63.6 Å². The highest BCUT2D eigenvalue weighted by Gasteiger charge is 2.65. The number of carboxylic acids is 1. The lowest BCUT2D eigenvalue weighted by Gasteiger charge is -2.65. The molecular weight excluding hydrogens is 528 g/mol. The lowest BCUT2D eigenvalue weighted by molar-refractivity contribution is -0.195. The number of ether oxygens (including phenoxy) is 2. The molecule has 0 saturated heterocycles. The molecule has 2 aromatic carbocycles. The van der Waals surface area contributed by atoms with Crippen LogP contribution in [0.2, 0.25) is 5.02 Å². The number of halogens is 1. The first-order valence-electron chi connectivity index (χ1n) is 14.7. The van der Waals surface area contributed by atoms with E-state index in [0.29, 0.717) is 30.0 Å². The second kappa shape index (κ2) is 13.2. The monoisotopic (exact) mass is 567 g/mol. The molecule has 0 heterocycles. The number of amides is 1. The van der Waals surface area contributed by atoms with Crippen LogP contribution in [0.15, 0.2) is 42.5 Å². The SMILES string of the molecule is [2H]C([2H])([2H])N(C(=O)c1ccc(C#CCCCCCOCC(=O)O)cc1)C1C(C)(C)C(Oc2ccc([N+]#[C-])c(Cl)c2)C1(C)C. The van der Waals surface area contributed by atoms with Gasteiger partial charge < -0.3 is 19.5 Å². The maximum Gasteiger partial charge on any atom is 0.329 e. The molecule has 1 aliphatic rings. The van der Waals surface area contributed by atoms with E-state index in [1.165, 1.54) is 0 Å². The molecule has 7 nitrogen and oxygen atoms in total. The number of hydrogen-bond donors (Lipinski definition) is 1. The fourth-order valence-corrected chi connectivity index (χ4v) is 5.95. The van der Waals surface area contributed by atoms with Gasteiger partial charge in [0.25, 0.3) is 5.91 Å². The minimum atomic E-state index is -2.70. The van der Waals surface area contributed by atoms with E-state index in [-0.39, 0.29) is 17.2 Å². The number of aliphatic carboxylic acids is 1. The highest BCUT2D eigenvalue weighted by atomic mass is 35.5. The van der Waals surface area contributed by atoms with Crippen LogP contribution in [0.1, 0.15) is 73.4 Å². The normalized spacial score (nSPS) is 19.9. The standard InChI is InChI=1S/C32H37ClN2O5/c1-31(2)29(32(3,4)30(31)40-24-17-18-26(34-5)25(33)20-24)35(6)28(38)23-15-13-22(14-16-23)12-10-8-7-9-11-19-39-21-27(36)37/h13-18,20,29-30H,7-9,11,19,21H2,1-4,6H3,(H,36,37)/i6D3. The largest absolute Gasteiger partial charge is 0.489 e. The van der Waals surface area contributed by atoms with Crippen molar-refractivity contribution in [1.82, 2.24) is 4.90 Å². The molecule has 0 unspecified atom stereocenters. The van der Waals surface area contributed by atoms with E-state index in [2.05, 4.69) is 16.7 Å². The molecular formula is C32H37ClN2O5. The fourth-order valence-electron chi connectivity index (χ4n) is 5.74. The van der Waals surface area contributed by atoms with Crippen LogP contribution in [0.3, 0.4) is 0 Å². The van der Waals surface area contributed by atoms with E-state index in [9.17, 15) is 9.59 Å². The summed E-state index contributed by atoms with van der Waals surface area (Å²) in [6, 6.07) is 10.8. The number of benzene rings is 2. The zero-order chi connectivity index (χ0) is 32.0. The van der Waals surface area contributed by atoms with Gasteiger partial charge in [-0.3, -0.25) is 4.79 Å². The molecule has 1 aliphatic carbocycles. The Labute approximate surface area is 246 Å². The third-order valence-corrected chi connectivity index (χ3v) is 7.51. The number of carbonyl (C=O) groups is 2. The summed E-state index contributed by atoms with van der Waals surface area (Å²) in [7, 11) is 0. The van der Waals surface area contributed by atoms with Gasteiger partial charge >= 0.3 is 5.97 Å². The first-order valence-corrected chi connectivity index (χ1v) is 13.5. The summed E-state index contributed by atoms with van der Waals surface area (Å²) < 4.78 is 36.2. The fraction of sp³-hybridized carbons (Fsp3) is 0.469. The van der Waals surface area contributed by atoms with Crippen molar-refractivity contribution >= 4 is 29.2 Å². The van der Waals surface area contributed by atoms with Crippen LogP contribution in [0, 0.1) is 29.2 Å². The van der Waals surface area contributed by atoms with Crippen molar-refractivity contribution in [3.63, 3.8) is 0 Å². The zero-order valence-electron chi connectivity index (χ0n) is 26.3. The molecule has 212 valence electrons. The molecule has 0 aromatic heterocycles. The first-order chi connectivity index (χ1) is 20.1. The summed E-state index contributed by atoms with van der Waals surface area (Å²) >= 11 is 6.20. The lowest BCUT2D eigenvalue weighted by atomic mass is 9.49. The third kappa shape index (κ3) is 7.16. The average molecular weight is 568 g/mol. The highest BCUT2D eigenvalue weighted by Crippen LogP contribution is 2.58.